The van der Waals surface area contributed by atoms with Gasteiger partial charge in [0.25, 0.3) is 5.91 Å². The zero-order valence-corrected chi connectivity index (χ0v) is 12.4. The summed E-state index contributed by atoms with van der Waals surface area (Å²) in [6.07, 6.45) is 2.56. The van der Waals surface area contributed by atoms with Crippen LogP contribution in [0, 0.1) is 5.92 Å². The van der Waals surface area contributed by atoms with E-state index in [1.54, 1.807) is 12.3 Å². The smallest absolute Gasteiger partial charge is 0.269 e. The third-order valence-corrected chi connectivity index (χ3v) is 3.11. The molecule has 0 aliphatic carbocycles. The second kappa shape index (κ2) is 7.47. The van der Waals surface area contributed by atoms with Gasteiger partial charge in [0.1, 0.15) is 11.4 Å². The molecule has 1 aromatic carbocycles. The van der Waals surface area contributed by atoms with Gasteiger partial charge in [0.05, 0.1) is 6.61 Å². The van der Waals surface area contributed by atoms with Crippen LogP contribution in [0.2, 0.25) is 0 Å². The molecule has 0 radical (unpaired) electrons. The van der Waals surface area contributed by atoms with E-state index >= 15 is 0 Å². The Bertz CT molecular complexity index is 565. The first-order valence-corrected chi connectivity index (χ1v) is 7.15. The number of nitrogens with one attached hydrogen (secondary N) is 2. The van der Waals surface area contributed by atoms with Crippen molar-refractivity contribution in [2.24, 2.45) is 5.92 Å². The molecule has 1 amide bonds. The van der Waals surface area contributed by atoms with E-state index in [0.29, 0.717) is 24.8 Å². The average molecular weight is 287 g/mol. The van der Waals surface area contributed by atoms with Crippen LogP contribution in [-0.4, -0.2) is 22.7 Å². The van der Waals surface area contributed by atoms with Gasteiger partial charge in [-0.05, 0) is 24.5 Å². The van der Waals surface area contributed by atoms with Crippen molar-refractivity contribution in [3.63, 3.8) is 0 Å². The van der Waals surface area contributed by atoms with E-state index in [-0.39, 0.29) is 5.91 Å². The summed E-state index contributed by atoms with van der Waals surface area (Å²) in [7, 11) is 0. The Balaban J connectivity index is 1.92. The van der Waals surface area contributed by atoms with Gasteiger partial charge >= 0.3 is 0 Å². The van der Waals surface area contributed by atoms with E-state index in [9.17, 15) is 4.79 Å². The molecule has 0 unspecified atom stereocenters. The van der Waals surface area contributed by atoms with Crippen molar-refractivity contribution in [2.45, 2.75) is 26.8 Å². The number of H-pyrrole nitrogens is 1. The fourth-order valence-corrected chi connectivity index (χ4v) is 1.85. The minimum Gasteiger partial charge on any atom is -0.493 e. The molecule has 112 valence electrons. The minimum atomic E-state index is -0.176. The Morgan fingerprint density at radius 3 is 2.86 bits per heavy atom. The highest BCUT2D eigenvalue weighted by Gasteiger charge is 2.08. The van der Waals surface area contributed by atoms with Crippen LogP contribution in [0.15, 0.2) is 36.5 Å². The normalized spacial score (nSPS) is 10.6. The van der Waals surface area contributed by atoms with Crippen LogP contribution in [0.4, 0.5) is 0 Å². The SMILES string of the molecule is CC(C)CCOc1ccccc1CNC(=O)c1ccn[nH]1. The van der Waals surface area contributed by atoms with Crippen LogP contribution in [-0.2, 0) is 6.54 Å². The number of aromatic nitrogens is 2. The summed E-state index contributed by atoms with van der Waals surface area (Å²) in [5.74, 6) is 1.25. The maximum absolute atomic E-state index is 11.9. The second-order valence-corrected chi connectivity index (χ2v) is 5.29. The molecule has 0 atom stereocenters. The highest BCUT2D eigenvalue weighted by molar-refractivity contribution is 5.92. The van der Waals surface area contributed by atoms with Crippen LogP contribution in [0.25, 0.3) is 0 Å². The number of aromatic amines is 1. The molecule has 1 heterocycles. The third kappa shape index (κ3) is 4.63. The van der Waals surface area contributed by atoms with Crippen LogP contribution >= 0.6 is 0 Å². The molecule has 5 nitrogen and oxygen atoms in total. The number of rotatable bonds is 7. The molecule has 0 aliphatic rings. The molecular weight excluding hydrogens is 266 g/mol. The van der Waals surface area contributed by atoms with Gasteiger partial charge in [0.15, 0.2) is 0 Å². The minimum absolute atomic E-state index is 0.176. The number of nitrogens with zero attached hydrogens (tertiary/aromatic N) is 1. The van der Waals surface area contributed by atoms with E-state index in [0.717, 1.165) is 17.7 Å². The Labute approximate surface area is 124 Å². The highest BCUT2D eigenvalue weighted by Crippen LogP contribution is 2.18. The fourth-order valence-electron chi connectivity index (χ4n) is 1.85. The lowest BCUT2D eigenvalue weighted by Crippen LogP contribution is -2.23. The maximum atomic E-state index is 11.9. The summed E-state index contributed by atoms with van der Waals surface area (Å²) in [5, 5.41) is 9.25. The molecule has 2 rings (SSSR count). The van der Waals surface area contributed by atoms with Crippen molar-refractivity contribution in [3.05, 3.63) is 47.8 Å². The van der Waals surface area contributed by atoms with Crippen LogP contribution in [0.3, 0.4) is 0 Å². The molecule has 0 spiro atoms. The third-order valence-electron chi connectivity index (χ3n) is 3.11. The lowest BCUT2D eigenvalue weighted by molar-refractivity contribution is 0.0945. The Kier molecular flexibility index (Phi) is 5.37. The van der Waals surface area contributed by atoms with Crippen molar-refractivity contribution < 1.29 is 9.53 Å². The van der Waals surface area contributed by atoms with Gasteiger partial charge in [0, 0.05) is 18.3 Å². The van der Waals surface area contributed by atoms with Crippen molar-refractivity contribution in [2.75, 3.05) is 6.61 Å². The van der Waals surface area contributed by atoms with Crippen molar-refractivity contribution in [1.29, 1.82) is 0 Å². The molecule has 0 fully saturated rings. The number of hydrogen-bond acceptors (Lipinski definition) is 3. The van der Waals surface area contributed by atoms with Crippen LogP contribution in [0.1, 0.15) is 36.3 Å². The monoisotopic (exact) mass is 287 g/mol. The topological polar surface area (TPSA) is 67.0 Å². The van der Waals surface area contributed by atoms with Crippen molar-refractivity contribution >= 4 is 5.91 Å². The molecule has 0 aliphatic heterocycles. The second-order valence-electron chi connectivity index (χ2n) is 5.29. The van der Waals surface area contributed by atoms with Crippen molar-refractivity contribution in [3.8, 4) is 5.75 Å². The number of ether oxygens (including phenoxy) is 1. The summed E-state index contributed by atoms with van der Waals surface area (Å²) < 4.78 is 5.80. The predicted octanol–water partition coefficient (Wildman–Crippen LogP) is 2.76. The van der Waals surface area contributed by atoms with Gasteiger partial charge in [-0.25, -0.2) is 0 Å². The molecule has 0 saturated heterocycles. The molecule has 5 heteroatoms. The maximum Gasteiger partial charge on any atom is 0.269 e. The number of carbonyl (C=O) groups is 1. The Morgan fingerprint density at radius 1 is 1.33 bits per heavy atom. The Morgan fingerprint density at radius 2 is 2.14 bits per heavy atom. The lowest BCUT2D eigenvalue weighted by atomic mass is 10.1. The summed E-state index contributed by atoms with van der Waals surface area (Å²) in [5.41, 5.74) is 1.42. The quantitative estimate of drug-likeness (QED) is 0.823. The molecule has 0 bridgehead atoms. The summed E-state index contributed by atoms with van der Waals surface area (Å²) in [4.78, 5) is 11.9. The predicted molar refractivity (Wildman–Crippen MR) is 81.1 cm³/mol. The van der Waals surface area contributed by atoms with Crippen LogP contribution < -0.4 is 10.1 Å². The fraction of sp³-hybridized carbons (Fsp3) is 0.375. The van der Waals surface area contributed by atoms with Gasteiger partial charge in [0.2, 0.25) is 0 Å². The van der Waals surface area contributed by atoms with E-state index in [1.165, 1.54) is 0 Å². The largest absolute Gasteiger partial charge is 0.493 e. The molecular formula is C16H21N3O2. The van der Waals surface area contributed by atoms with Crippen LogP contribution in [0.5, 0.6) is 5.75 Å². The summed E-state index contributed by atoms with van der Waals surface area (Å²) in [6.45, 7) is 5.44. The standard InChI is InChI=1S/C16H21N3O2/c1-12(2)8-10-21-15-6-4-3-5-13(15)11-17-16(20)14-7-9-18-19-14/h3-7,9,12H,8,10-11H2,1-2H3,(H,17,20)(H,18,19). The zero-order chi connectivity index (χ0) is 15.1. The molecule has 2 aromatic rings. The average Bonchev–Trinajstić information content (AvgIpc) is 3.00. The van der Waals surface area contributed by atoms with Gasteiger partial charge < -0.3 is 10.1 Å². The van der Waals surface area contributed by atoms with Gasteiger partial charge in [-0.3, -0.25) is 9.89 Å². The highest BCUT2D eigenvalue weighted by atomic mass is 16.5. The number of hydrogen-bond donors (Lipinski definition) is 2. The lowest BCUT2D eigenvalue weighted by Gasteiger charge is -2.13. The van der Waals surface area contributed by atoms with Gasteiger partial charge in [-0.15, -0.1) is 0 Å². The van der Waals surface area contributed by atoms with E-state index in [4.69, 9.17) is 4.74 Å². The number of amides is 1. The van der Waals surface area contributed by atoms with Crippen molar-refractivity contribution in [1.82, 2.24) is 15.5 Å². The van der Waals surface area contributed by atoms with Gasteiger partial charge in [-0.2, -0.15) is 5.10 Å². The number of carbonyl (C=O) groups excluding carboxylic acids is 1. The van der Waals surface area contributed by atoms with Gasteiger partial charge in [-0.1, -0.05) is 32.0 Å². The molecule has 1 aromatic heterocycles. The summed E-state index contributed by atoms with van der Waals surface area (Å²) in [6, 6.07) is 9.40. The number of para-hydroxylation sites is 1. The molecule has 21 heavy (non-hydrogen) atoms. The first-order valence-electron chi connectivity index (χ1n) is 7.15. The first-order chi connectivity index (χ1) is 10.2. The van der Waals surface area contributed by atoms with E-state index < -0.39 is 0 Å². The summed E-state index contributed by atoms with van der Waals surface area (Å²) >= 11 is 0. The van der Waals surface area contributed by atoms with E-state index in [2.05, 4.69) is 29.4 Å². The number of benzene rings is 1. The van der Waals surface area contributed by atoms with E-state index in [1.807, 2.05) is 24.3 Å². The molecule has 0 saturated carbocycles. The zero-order valence-electron chi connectivity index (χ0n) is 12.4. The molecule has 2 N–H and O–H groups in total. The first kappa shape index (κ1) is 15.1. The Hall–Kier alpha value is -2.30.